The van der Waals surface area contributed by atoms with Gasteiger partial charge in [-0.3, -0.25) is 9.59 Å². The fraction of sp³-hybridized carbons (Fsp3) is 0.364. The van der Waals surface area contributed by atoms with Crippen LogP contribution in [0.3, 0.4) is 0 Å². The van der Waals surface area contributed by atoms with Crippen molar-refractivity contribution < 1.29 is 19.1 Å². The van der Waals surface area contributed by atoms with E-state index in [2.05, 4.69) is 5.32 Å². The van der Waals surface area contributed by atoms with Gasteiger partial charge in [-0.15, -0.1) is 0 Å². The average Bonchev–Trinajstić information content (AvgIpc) is 3.08. The van der Waals surface area contributed by atoms with Crippen molar-refractivity contribution >= 4 is 23.2 Å². The fourth-order valence-electron chi connectivity index (χ4n) is 3.10. The summed E-state index contributed by atoms with van der Waals surface area (Å²) in [5.41, 5.74) is 2.51. The average molecular weight is 382 g/mol. The van der Waals surface area contributed by atoms with E-state index in [1.807, 2.05) is 51.1 Å². The highest BCUT2D eigenvalue weighted by atomic mass is 16.5. The van der Waals surface area contributed by atoms with Crippen LogP contribution in [0.1, 0.15) is 32.3 Å². The van der Waals surface area contributed by atoms with Crippen LogP contribution < -0.4 is 19.7 Å². The number of hydrogen-bond donors (Lipinski definition) is 1. The second-order valence-corrected chi connectivity index (χ2v) is 7.12. The molecule has 2 amide bonds. The number of anilines is 2. The van der Waals surface area contributed by atoms with Crippen LogP contribution in [-0.4, -0.2) is 31.1 Å². The van der Waals surface area contributed by atoms with Crippen molar-refractivity contribution in [1.29, 1.82) is 0 Å². The lowest BCUT2D eigenvalue weighted by molar-refractivity contribution is -0.118. The first-order chi connectivity index (χ1) is 13.4. The summed E-state index contributed by atoms with van der Waals surface area (Å²) in [4.78, 5) is 25.8. The van der Waals surface area contributed by atoms with Gasteiger partial charge in [0.15, 0.2) is 6.61 Å². The third kappa shape index (κ3) is 5.03. The SMILES string of the molecule is Cc1cc(OC(C)C)ccc1NC(=O)COc1ccc(N2CCCC2=O)cc1. The minimum absolute atomic E-state index is 0.0916. The third-order valence-electron chi connectivity index (χ3n) is 4.44. The highest BCUT2D eigenvalue weighted by molar-refractivity contribution is 5.95. The first-order valence-corrected chi connectivity index (χ1v) is 9.53. The largest absolute Gasteiger partial charge is 0.491 e. The van der Waals surface area contributed by atoms with Gasteiger partial charge in [-0.05, 0) is 75.2 Å². The van der Waals surface area contributed by atoms with Crippen molar-refractivity contribution in [3.05, 3.63) is 48.0 Å². The molecular formula is C22H26N2O4. The maximum Gasteiger partial charge on any atom is 0.262 e. The summed E-state index contributed by atoms with van der Waals surface area (Å²) in [6.07, 6.45) is 1.59. The van der Waals surface area contributed by atoms with E-state index in [1.165, 1.54) is 0 Å². The molecule has 6 nitrogen and oxygen atoms in total. The number of amides is 2. The van der Waals surface area contributed by atoms with E-state index < -0.39 is 0 Å². The van der Waals surface area contributed by atoms with E-state index in [-0.39, 0.29) is 24.5 Å². The second kappa shape index (κ2) is 8.78. The van der Waals surface area contributed by atoms with Gasteiger partial charge < -0.3 is 19.7 Å². The molecule has 0 bridgehead atoms. The number of hydrogen-bond acceptors (Lipinski definition) is 4. The third-order valence-corrected chi connectivity index (χ3v) is 4.44. The molecule has 0 atom stereocenters. The monoisotopic (exact) mass is 382 g/mol. The van der Waals surface area contributed by atoms with E-state index in [9.17, 15) is 9.59 Å². The molecule has 6 heteroatoms. The Hall–Kier alpha value is -3.02. The van der Waals surface area contributed by atoms with Crippen LogP contribution >= 0.6 is 0 Å². The number of nitrogens with zero attached hydrogens (tertiary/aromatic N) is 1. The van der Waals surface area contributed by atoms with Gasteiger partial charge in [0.25, 0.3) is 5.91 Å². The summed E-state index contributed by atoms with van der Waals surface area (Å²) in [7, 11) is 0. The molecule has 1 N–H and O–H groups in total. The van der Waals surface area contributed by atoms with Gasteiger partial charge in [-0.1, -0.05) is 0 Å². The molecule has 1 heterocycles. The van der Waals surface area contributed by atoms with Crippen molar-refractivity contribution in [3.8, 4) is 11.5 Å². The summed E-state index contributed by atoms with van der Waals surface area (Å²) < 4.78 is 11.2. The van der Waals surface area contributed by atoms with E-state index in [0.29, 0.717) is 12.2 Å². The summed E-state index contributed by atoms with van der Waals surface area (Å²) in [6.45, 7) is 6.52. The van der Waals surface area contributed by atoms with Crippen LogP contribution in [-0.2, 0) is 9.59 Å². The number of ether oxygens (including phenoxy) is 2. The van der Waals surface area contributed by atoms with Crippen molar-refractivity contribution in [2.45, 2.75) is 39.7 Å². The van der Waals surface area contributed by atoms with Gasteiger partial charge >= 0.3 is 0 Å². The van der Waals surface area contributed by atoms with Crippen LogP contribution in [0.2, 0.25) is 0 Å². The number of aryl methyl sites for hydroxylation is 1. The van der Waals surface area contributed by atoms with Crippen LogP contribution in [0.4, 0.5) is 11.4 Å². The number of carbonyl (C=O) groups excluding carboxylic acids is 2. The van der Waals surface area contributed by atoms with E-state index in [0.717, 1.165) is 35.7 Å². The molecule has 0 aromatic heterocycles. The summed E-state index contributed by atoms with van der Waals surface area (Å²) in [5, 5.41) is 2.85. The number of carbonyl (C=O) groups is 2. The molecule has 0 unspecified atom stereocenters. The summed E-state index contributed by atoms with van der Waals surface area (Å²) in [6, 6.07) is 12.8. The smallest absolute Gasteiger partial charge is 0.262 e. The van der Waals surface area contributed by atoms with Gasteiger partial charge in [0, 0.05) is 24.3 Å². The predicted molar refractivity (Wildman–Crippen MR) is 109 cm³/mol. The molecule has 148 valence electrons. The Morgan fingerprint density at radius 2 is 1.86 bits per heavy atom. The molecule has 28 heavy (non-hydrogen) atoms. The van der Waals surface area contributed by atoms with Crippen LogP contribution in [0, 0.1) is 6.92 Å². The van der Waals surface area contributed by atoms with Gasteiger partial charge in [0.2, 0.25) is 5.91 Å². The number of rotatable bonds is 7. The molecule has 1 fully saturated rings. The van der Waals surface area contributed by atoms with E-state index >= 15 is 0 Å². The first kappa shape index (κ1) is 19.7. The van der Waals surface area contributed by atoms with Crippen molar-refractivity contribution in [3.63, 3.8) is 0 Å². The van der Waals surface area contributed by atoms with E-state index in [4.69, 9.17) is 9.47 Å². The summed E-state index contributed by atoms with van der Waals surface area (Å²) in [5.74, 6) is 1.27. The molecule has 0 saturated carbocycles. The Kier molecular flexibility index (Phi) is 6.19. The minimum atomic E-state index is -0.237. The molecule has 1 aliphatic rings. The summed E-state index contributed by atoms with van der Waals surface area (Å²) >= 11 is 0. The maximum atomic E-state index is 12.2. The Bertz CT molecular complexity index is 846. The lowest BCUT2D eigenvalue weighted by Gasteiger charge is -2.16. The highest BCUT2D eigenvalue weighted by Crippen LogP contribution is 2.24. The van der Waals surface area contributed by atoms with Crippen molar-refractivity contribution in [2.75, 3.05) is 23.4 Å². The van der Waals surface area contributed by atoms with Crippen molar-refractivity contribution in [2.24, 2.45) is 0 Å². The maximum absolute atomic E-state index is 12.2. The van der Waals surface area contributed by atoms with Gasteiger partial charge in [-0.2, -0.15) is 0 Å². The highest BCUT2D eigenvalue weighted by Gasteiger charge is 2.21. The normalized spacial score (nSPS) is 13.7. The van der Waals surface area contributed by atoms with Crippen LogP contribution in [0.5, 0.6) is 11.5 Å². The quantitative estimate of drug-likeness (QED) is 0.788. The molecule has 2 aromatic rings. The topological polar surface area (TPSA) is 67.9 Å². The standard InChI is InChI=1S/C22H26N2O4/c1-15(2)28-19-10-11-20(16(3)13-19)23-21(25)14-27-18-8-6-17(7-9-18)24-12-4-5-22(24)26/h6-11,13,15H,4-5,12,14H2,1-3H3,(H,23,25). The molecular weight excluding hydrogens is 356 g/mol. The molecule has 0 aliphatic carbocycles. The Morgan fingerprint density at radius 3 is 2.46 bits per heavy atom. The zero-order valence-corrected chi connectivity index (χ0v) is 16.5. The van der Waals surface area contributed by atoms with Crippen molar-refractivity contribution in [1.82, 2.24) is 0 Å². The Balaban J connectivity index is 1.52. The van der Waals surface area contributed by atoms with Gasteiger partial charge in [-0.25, -0.2) is 0 Å². The fourth-order valence-corrected chi connectivity index (χ4v) is 3.10. The first-order valence-electron chi connectivity index (χ1n) is 9.53. The van der Waals surface area contributed by atoms with Crippen LogP contribution in [0.15, 0.2) is 42.5 Å². The number of benzene rings is 2. The zero-order chi connectivity index (χ0) is 20.1. The number of nitrogens with one attached hydrogen (secondary N) is 1. The van der Waals surface area contributed by atoms with Gasteiger partial charge in [0.1, 0.15) is 11.5 Å². The lowest BCUT2D eigenvalue weighted by Crippen LogP contribution is -2.23. The minimum Gasteiger partial charge on any atom is -0.491 e. The molecule has 2 aromatic carbocycles. The molecule has 3 rings (SSSR count). The predicted octanol–water partition coefficient (Wildman–Crippen LogP) is 3.93. The molecule has 1 saturated heterocycles. The second-order valence-electron chi connectivity index (χ2n) is 7.12. The Labute approximate surface area is 165 Å². The Morgan fingerprint density at radius 1 is 1.14 bits per heavy atom. The zero-order valence-electron chi connectivity index (χ0n) is 16.5. The van der Waals surface area contributed by atoms with Gasteiger partial charge in [0.05, 0.1) is 6.10 Å². The molecule has 0 radical (unpaired) electrons. The molecule has 0 spiro atoms. The van der Waals surface area contributed by atoms with E-state index in [1.54, 1.807) is 17.0 Å². The van der Waals surface area contributed by atoms with Crippen LogP contribution in [0.25, 0.3) is 0 Å². The lowest BCUT2D eigenvalue weighted by atomic mass is 10.2. The molecule has 1 aliphatic heterocycles.